The molecule has 2 fully saturated rings. The number of alkyl halides is 6. The highest BCUT2D eigenvalue weighted by molar-refractivity contribution is 7.88. The molecule has 0 N–H and O–H groups in total. The molecule has 40 heavy (non-hydrogen) atoms. The monoisotopic (exact) mass is 610 g/mol. The van der Waals surface area contributed by atoms with Crippen LogP contribution in [0.15, 0.2) is 24.3 Å². The van der Waals surface area contributed by atoms with Crippen LogP contribution in [-0.4, -0.2) is 27.9 Å². The molecule has 6 rings (SSSR count). The summed E-state index contributed by atoms with van der Waals surface area (Å²) >= 11 is 0. The largest absolute Gasteiger partial charge is 0.534 e. The van der Waals surface area contributed by atoms with Gasteiger partial charge >= 0.3 is 31.3 Å². The second-order valence-electron chi connectivity index (χ2n) is 11.2. The molecule has 0 heterocycles. The van der Waals surface area contributed by atoms with Gasteiger partial charge in [0.2, 0.25) is 0 Å². The van der Waals surface area contributed by atoms with Gasteiger partial charge in [0, 0.05) is 11.1 Å². The molecular weight excluding hydrogens is 586 g/mol. The summed E-state index contributed by atoms with van der Waals surface area (Å²) in [7, 11) is -11.8. The minimum absolute atomic E-state index is 0.0267. The third-order valence-corrected chi connectivity index (χ3v) is 10.9. The molecule has 6 nitrogen and oxygen atoms in total. The molecule has 218 valence electrons. The molecule has 4 aliphatic rings. The predicted octanol–water partition coefficient (Wildman–Crippen LogP) is 6.52. The summed E-state index contributed by atoms with van der Waals surface area (Å²) in [6, 6.07) is 5.36. The maximum Gasteiger partial charge on any atom is 0.534 e. The van der Waals surface area contributed by atoms with E-state index in [0.29, 0.717) is 52.6 Å². The Hall–Kier alpha value is -2.48. The molecule has 2 aromatic rings. The molecule has 0 saturated heterocycles. The number of halogens is 6. The first kappa shape index (κ1) is 27.7. The van der Waals surface area contributed by atoms with E-state index in [1.54, 1.807) is 0 Å². The Labute approximate surface area is 226 Å². The SMILES string of the molecule is O=S(=O)(Oc1ccc(-c2ccc(OS(=O)(=O)C(F)(F)F)c3c2C2CCC2C3)c2c1CC1(CCCC1)C2)C(F)(F)F. The third kappa shape index (κ3) is 4.27. The fourth-order valence-electron chi connectivity index (χ4n) is 7.07. The van der Waals surface area contributed by atoms with E-state index in [9.17, 15) is 43.2 Å². The van der Waals surface area contributed by atoms with Crippen LogP contribution in [0.25, 0.3) is 11.1 Å². The van der Waals surface area contributed by atoms with Gasteiger partial charge in [-0.15, -0.1) is 0 Å². The Bertz CT molecular complexity index is 1610. The molecule has 1 spiro atoms. The first-order valence-corrected chi connectivity index (χ1v) is 15.7. The zero-order valence-electron chi connectivity index (χ0n) is 20.9. The van der Waals surface area contributed by atoms with Crippen molar-refractivity contribution in [2.24, 2.45) is 11.3 Å². The van der Waals surface area contributed by atoms with Gasteiger partial charge in [-0.3, -0.25) is 0 Å². The molecule has 0 aromatic heterocycles. The lowest BCUT2D eigenvalue weighted by atomic mass is 9.72. The molecule has 0 bridgehead atoms. The van der Waals surface area contributed by atoms with Crippen molar-refractivity contribution in [3.05, 3.63) is 46.5 Å². The minimum atomic E-state index is -5.90. The number of hydrogen-bond acceptors (Lipinski definition) is 6. The number of hydrogen-bond donors (Lipinski definition) is 0. The summed E-state index contributed by atoms with van der Waals surface area (Å²) in [6.07, 6.45) is 6.23. The molecular formula is C26H24F6O6S2. The molecule has 2 aromatic carbocycles. The highest BCUT2D eigenvalue weighted by atomic mass is 32.2. The maximum absolute atomic E-state index is 13.1. The Kier molecular flexibility index (Phi) is 6.06. The van der Waals surface area contributed by atoms with Gasteiger partial charge in [0.15, 0.2) is 0 Å². The standard InChI is InChI=1S/C26H24F6O6S2/c27-25(28,29)39(33,34)37-21-8-6-17(23-15-4-3-14(15)11-18(21)23)16-5-7-22(38-40(35,36)26(30,31)32)20-13-24(12-19(16)20)9-1-2-10-24/h5-8,14-15H,1-4,9-13H2. The highest BCUT2D eigenvalue weighted by Gasteiger charge is 2.51. The van der Waals surface area contributed by atoms with Crippen molar-refractivity contribution in [3.63, 3.8) is 0 Å². The zero-order chi connectivity index (χ0) is 28.9. The second kappa shape index (κ2) is 8.76. The van der Waals surface area contributed by atoms with E-state index in [1.807, 2.05) is 0 Å². The van der Waals surface area contributed by atoms with E-state index >= 15 is 0 Å². The van der Waals surface area contributed by atoms with E-state index in [-0.39, 0.29) is 28.7 Å². The highest BCUT2D eigenvalue weighted by Crippen LogP contribution is 2.59. The van der Waals surface area contributed by atoms with Crippen LogP contribution in [0.5, 0.6) is 11.5 Å². The van der Waals surface area contributed by atoms with Crippen LogP contribution in [0.1, 0.15) is 66.7 Å². The van der Waals surface area contributed by atoms with Crippen molar-refractivity contribution >= 4 is 20.2 Å². The van der Waals surface area contributed by atoms with Crippen molar-refractivity contribution in [2.75, 3.05) is 0 Å². The quantitative estimate of drug-likeness (QED) is 0.218. The molecule has 0 amide bonds. The number of benzene rings is 2. The summed E-state index contributed by atoms with van der Waals surface area (Å²) in [5, 5.41) is 0. The van der Waals surface area contributed by atoms with Crippen LogP contribution in [0.4, 0.5) is 26.3 Å². The van der Waals surface area contributed by atoms with Gasteiger partial charge in [-0.05, 0) is 96.6 Å². The molecule has 0 aliphatic heterocycles. The molecule has 2 atom stereocenters. The van der Waals surface area contributed by atoms with Gasteiger partial charge in [-0.1, -0.05) is 25.0 Å². The van der Waals surface area contributed by atoms with E-state index in [4.69, 9.17) is 0 Å². The van der Waals surface area contributed by atoms with Gasteiger partial charge in [0.05, 0.1) is 0 Å². The third-order valence-electron chi connectivity index (χ3n) is 8.98. The lowest BCUT2D eigenvalue weighted by Crippen LogP contribution is -2.28. The molecule has 2 unspecified atom stereocenters. The molecule has 2 saturated carbocycles. The summed E-state index contributed by atoms with van der Waals surface area (Å²) in [4.78, 5) is 0. The Balaban J connectivity index is 1.48. The summed E-state index contributed by atoms with van der Waals surface area (Å²) in [5.41, 5.74) is -8.10. The smallest absolute Gasteiger partial charge is 0.376 e. The Morgan fingerprint density at radius 1 is 0.700 bits per heavy atom. The number of fused-ring (bicyclic) bond motifs is 4. The Morgan fingerprint density at radius 2 is 1.23 bits per heavy atom. The molecule has 14 heteroatoms. The predicted molar refractivity (Wildman–Crippen MR) is 131 cm³/mol. The first-order chi connectivity index (χ1) is 18.5. The Morgan fingerprint density at radius 3 is 1.75 bits per heavy atom. The van der Waals surface area contributed by atoms with Gasteiger partial charge in [0.1, 0.15) is 11.5 Å². The summed E-state index contributed by atoms with van der Waals surface area (Å²) in [6.45, 7) is 0. The van der Waals surface area contributed by atoms with E-state index in [2.05, 4.69) is 8.37 Å². The van der Waals surface area contributed by atoms with Crippen molar-refractivity contribution in [1.29, 1.82) is 0 Å². The average molecular weight is 611 g/mol. The van der Waals surface area contributed by atoms with Crippen LogP contribution < -0.4 is 8.37 Å². The average Bonchev–Trinajstić information content (AvgIpc) is 3.49. The molecule has 0 radical (unpaired) electrons. The maximum atomic E-state index is 13.1. The van der Waals surface area contributed by atoms with Crippen LogP contribution in [-0.2, 0) is 39.5 Å². The van der Waals surface area contributed by atoms with Crippen LogP contribution in [0.3, 0.4) is 0 Å². The second-order valence-corrected chi connectivity index (χ2v) is 14.3. The van der Waals surface area contributed by atoms with Crippen molar-refractivity contribution < 1.29 is 51.5 Å². The minimum Gasteiger partial charge on any atom is -0.376 e. The first-order valence-electron chi connectivity index (χ1n) is 12.8. The van der Waals surface area contributed by atoms with Gasteiger partial charge in [-0.2, -0.15) is 43.2 Å². The lowest BCUT2D eigenvalue weighted by Gasteiger charge is -2.32. The van der Waals surface area contributed by atoms with Gasteiger partial charge in [0.25, 0.3) is 0 Å². The normalized spacial score (nSPS) is 23.4. The summed E-state index contributed by atoms with van der Waals surface area (Å²) in [5.74, 6) is -0.679. The van der Waals surface area contributed by atoms with E-state index < -0.39 is 31.3 Å². The molecule has 4 aliphatic carbocycles. The summed E-state index contributed by atoms with van der Waals surface area (Å²) < 4.78 is 135. The van der Waals surface area contributed by atoms with Crippen molar-refractivity contribution in [1.82, 2.24) is 0 Å². The van der Waals surface area contributed by atoms with Crippen LogP contribution in [0.2, 0.25) is 0 Å². The van der Waals surface area contributed by atoms with Crippen molar-refractivity contribution in [3.8, 4) is 22.6 Å². The lowest BCUT2D eigenvalue weighted by molar-refractivity contribution is -0.0505. The topological polar surface area (TPSA) is 86.7 Å². The van der Waals surface area contributed by atoms with Crippen LogP contribution >= 0.6 is 0 Å². The van der Waals surface area contributed by atoms with E-state index in [1.165, 1.54) is 24.3 Å². The zero-order valence-corrected chi connectivity index (χ0v) is 22.5. The fraction of sp³-hybridized carbons (Fsp3) is 0.538. The fourth-order valence-corrected chi connectivity index (χ4v) is 8.04. The van der Waals surface area contributed by atoms with Gasteiger partial charge in [-0.25, -0.2) is 0 Å². The van der Waals surface area contributed by atoms with Crippen LogP contribution in [0, 0.1) is 11.3 Å². The van der Waals surface area contributed by atoms with Crippen molar-refractivity contribution in [2.45, 2.75) is 74.7 Å². The number of rotatable bonds is 5. The van der Waals surface area contributed by atoms with Gasteiger partial charge < -0.3 is 8.37 Å². The van der Waals surface area contributed by atoms with E-state index in [0.717, 1.165) is 38.5 Å².